The number of morpholine rings is 1. The van der Waals surface area contributed by atoms with Crippen molar-refractivity contribution in [2.45, 2.75) is 13.5 Å². The molecule has 1 saturated heterocycles. The summed E-state index contributed by atoms with van der Waals surface area (Å²) in [6.45, 7) is 5.91. The van der Waals surface area contributed by atoms with Crippen LogP contribution in [0.3, 0.4) is 0 Å². The van der Waals surface area contributed by atoms with Crippen LogP contribution in [-0.4, -0.2) is 51.3 Å². The summed E-state index contributed by atoms with van der Waals surface area (Å²) in [7, 11) is 0. The standard InChI is InChI=1S/C10H14N6O/c1-2-16-10-8(13-14-16)9(11-7-12-10)15-3-5-17-6-4-15/h7H,2-6H2,1H3. The zero-order valence-corrected chi connectivity index (χ0v) is 9.70. The van der Waals surface area contributed by atoms with E-state index in [2.05, 4.69) is 25.2 Å². The lowest BCUT2D eigenvalue weighted by Gasteiger charge is -2.27. The third kappa shape index (κ3) is 1.72. The van der Waals surface area contributed by atoms with E-state index in [4.69, 9.17) is 4.74 Å². The van der Waals surface area contributed by atoms with Crippen molar-refractivity contribution in [3.05, 3.63) is 6.33 Å². The molecular formula is C10H14N6O. The molecule has 1 fully saturated rings. The van der Waals surface area contributed by atoms with E-state index >= 15 is 0 Å². The van der Waals surface area contributed by atoms with Gasteiger partial charge in [0.15, 0.2) is 17.0 Å². The molecule has 7 heteroatoms. The Hall–Kier alpha value is -1.76. The van der Waals surface area contributed by atoms with E-state index < -0.39 is 0 Å². The van der Waals surface area contributed by atoms with E-state index in [1.165, 1.54) is 0 Å². The minimum atomic E-state index is 0.730. The quantitative estimate of drug-likeness (QED) is 0.733. The van der Waals surface area contributed by atoms with E-state index in [9.17, 15) is 0 Å². The number of hydrogen-bond donors (Lipinski definition) is 0. The Kier molecular flexibility index (Phi) is 2.60. The third-order valence-corrected chi connectivity index (χ3v) is 2.89. The highest BCUT2D eigenvalue weighted by molar-refractivity contribution is 5.82. The Morgan fingerprint density at radius 3 is 2.88 bits per heavy atom. The highest BCUT2D eigenvalue weighted by Gasteiger charge is 2.18. The van der Waals surface area contributed by atoms with Gasteiger partial charge >= 0.3 is 0 Å². The van der Waals surface area contributed by atoms with Crippen LogP contribution in [0.4, 0.5) is 5.82 Å². The average Bonchev–Trinajstić information content (AvgIpc) is 2.82. The van der Waals surface area contributed by atoms with E-state index in [0.29, 0.717) is 0 Å². The van der Waals surface area contributed by atoms with Crippen molar-refractivity contribution in [3.8, 4) is 0 Å². The van der Waals surface area contributed by atoms with Crippen LogP contribution in [0.2, 0.25) is 0 Å². The van der Waals surface area contributed by atoms with E-state index in [1.807, 2.05) is 6.92 Å². The third-order valence-electron chi connectivity index (χ3n) is 2.89. The second kappa shape index (κ2) is 4.25. The van der Waals surface area contributed by atoms with Crippen molar-refractivity contribution in [2.24, 2.45) is 0 Å². The first-order valence-corrected chi connectivity index (χ1v) is 5.77. The molecule has 17 heavy (non-hydrogen) atoms. The molecule has 0 saturated carbocycles. The van der Waals surface area contributed by atoms with Crippen LogP contribution >= 0.6 is 0 Å². The Bertz CT molecular complexity index is 518. The summed E-state index contributed by atoms with van der Waals surface area (Å²) in [5, 5.41) is 8.25. The summed E-state index contributed by atoms with van der Waals surface area (Å²) in [6, 6.07) is 0. The number of nitrogens with zero attached hydrogens (tertiary/aromatic N) is 6. The van der Waals surface area contributed by atoms with Crippen LogP contribution in [-0.2, 0) is 11.3 Å². The Morgan fingerprint density at radius 2 is 2.12 bits per heavy atom. The topological polar surface area (TPSA) is 69.0 Å². The maximum atomic E-state index is 5.33. The van der Waals surface area contributed by atoms with Crippen LogP contribution < -0.4 is 4.90 Å². The largest absolute Gasteiger partial charge is 0.378 e. The predicted molar refractivity (Wildman–Crippen MR) is 61.8 cm³/mol. The van der Waals surface area contributed by atoms with Crippen molar-refractivity contribution in [3.63, 3.8) is 0 Å². The summed E-state index contributed by atoms with van der Waals surface area (Å²) in [4.78, 5) is 10.7. The number of fused-ring (bicyclic) bond motifs is 1. The lowest BCUT2D eigenvalue weighted by Crippen LogP contribution is -2.36. The fourth-order valence-corrected chi connectivity index (χ4v) is 2.00. The molecule has 3 heterocycles. The molecule has 2 aromatic rings. The maximum Gasteiger partial charge on any atom is 0.183 e. The zero-order chi connectivity index (χ0) is 11.7. The van der Waals surface area contributed by atoms with Gasteiger partial charge in [-0.25, -0.2) is 14.6 Å². The van der Waals surface area contributed by atoms with Gasteiger partial charge in [-0.1, -0.05) is 5.21 Å². The first-order chi connectivity index (χ1) is 8.40. The molecule has 0 amide bonds. The number of ether oxygens (including phenoxy) is 1. The SMILES string of the molecule is CCn1nnc2c(N3CCOCC3)ncnc21. The summed E-state index contributed by atoms with van der Waals surface area (Å²) < 4.78 is 7.11. The van der Waals surface area contributed by atoms with Gasteiger partial charge in [0, 0.05) is 19.6 Å². The fraction of sp³-hybridized carbons (Fsp3) is 0.600. The normalized spacial score (nSPS) is 16.6. The van der Waals surface area contributed by atoms with Crippen molar-refractivity contribution in [1.29, 1.82) is 0 Å². The zero-order valence-electron chi connectivity index (χ0n) is 9.70. The smallest absolute Gasteiger partial charge is 0.183 e. The first kappa shape index (κ1) is 10.4. The number of anilines is 1. The minimum Gasteiger partial charge on any atom is -0.378 e. The highest BCUT2D eigenvalue weighted by atomic mass is 16.5. The monoisotopic (exact) mass is 234 g/mol. The van der Waals surface area contributed by atoms with Crippen LogP contribution in [0.25, 0.3) is 11.2 Å². The molecular weight excluding hydrogens is 220 g/mol. The molecule has 90 valence electrons. The van der Waals surface area contributed by atoms with Crippen molar-refractivity contribution >= 4 is 17.0 Å². The number of aryl methyl sites for hydroxylation is 1. The lowest BCUT2D eigenvalue weighted by atomic mass is 10.4. The van der Waals surface area contributed by atoms with E-state index in [1.54, 1.807) is 11.0 Å². The summed E-state index contributed by atoms with van der Waals surface area (Å²) in [5.41, 5.74) is 1.57. The second-order valence-electron chi connectivity index (χ2n) is 3.87. The number of hydrogen-bond acceptors (Lipinski definition) is 6. The van der Waals surface area contributed by atoms with Crippen molar-refractivity contribution in [2.75, 3.05) is 31.2 Å². The molecule has 7 nitrogen and oxygen atoms in total. The van der Waals surface area contributed by atoms with Crippen molar-refractivity contribution in [1.82, 2.24) is 25.0 Å². The van der Waals surface area contributed by atoms with Gasteiger partial charge in [-0.2, -0.15) is 0 Å². The minimum absolute atomic E-state index is 0.730. The summed E-state index contributed by atoms with van der Waals surface area (Å²) >= 11 is 0. The lowest BCUT2D eigenvalue weighted by molar-refractivity contribution is 0.122. The molecule has 1 aliphatic heterocycles. The maximum absolute atomic E-state index is 5.33. The predicted octanol–water partition coefficient (Wildman–Crippen LogP) is 0.0778. The highest BCUT2D eigenvalue weighted by Crippen LogP contribution is 2.20. The molecule has 0 N–H and O–H groups in total. The van der Waals surface area contributed by atoms with Crippen LogP contribution in [0.5, 0.6) is 0 Å². The van der Waals surface area contributed by atoms with E-state index in [0.717, 1.165) is 49.8 Å². The van der Waals surface area contributed by atoms with Gasteiger partial charge < -0.3 is 9.64 Å². The molecule has 1 aliphatic rings. The van der Waals surface area contributed by atoms with Gasteiger partial charge in [0.1, 0.15) is 6.33 Å². The fourth-order valence-electron chi connectivity index (χ4n) is 2.00. The Balaban J connectivity index is 2.06. The Labute approximate surface area is 98.4 Å². The molecule has 0 radical (unpaired) electrons. The van der Waals surface area contributed by atoms with Crippen LogP contribution in [0.15, 0.2) is 6.33 Å². The summed E-state index contributed by atoms with van der Waals surface area (Å²) in [6.07, 6.45) is 1.57. The number of rotatable bonds is 2. The molecule has 0 atom stereocenters. The van der Waals surface area contributed by atoms with Crippen LogP contribution in [0, 0.1) is 0 Å². The second-order valence-corrected chi connectivity index (χ2v) is 3.87. The molecule has 3 rings (SSSR count). The molecule has 2 aromatic heterocycles. The van der Waals surface area contributed by atoms with Gasteiger partial charge in [0.2, 0.25) is 0 Å². The van der Waals surface area contributed by atoms with Gasteiger partial charge in [0.25, 0.3) is 0 Å². The summed E-state index contributed by atoms with van der Waals surface area (Å²) in [5.74, 6) is 0.859. The molecule has 0 bridgehead atoms. The molecule has 0 unspecified atom stereocenters. The average molecular weight is 234 g/mol. The molecule has 0 spiro atoms. The van der Waals surface area contributed by atoms with Gasteiger partial charge in [0.05, 0.1) is 13.2 Å². The van der Waals surface area contributed by atoms with E-state index in [-0.39, 0.29) is 0 Å². The van der Waals surface area contributed by atoms with Gasteiger partial charge in [-0.05, 0) is 6.92 Å². The molecule has 0 aliphatic carbocycles. The first-order valence-electron chi connectivity index (χ1n) is 5.77. The molecule has 0 aromatic carbocycles. The number of aromatic nitrogens is 5. The van der Waals surface area contributed by atoms with Gasteiger partial charge in [-0.3, -0.25) is 0 Å². The van der Waals surface area contributed by atoms with Crippen LogP contribution in [0.1, 0.15) is 6.92 Å². The van der Waals surface area contributed by atoms with Gasteiger partial charge in [-0.15, -0.1) is 5.10 Å². The van der Waals surface area contributed by atoms with Crippen molar-refractivity contribution < 1.29 is 4.74 Å². The Morgan fingerprint density at radius 1 is 1.29 bits per heavy atom.